The van der Waals surface area contributed by atoms with E-state index in [4.69, 9.17) is 5.73 Å². The molecular weight excluding hydrogens is 428 g/mol. The van der Waals surface area contributed by atoms with E-state index in [0.717, 1.165) is 16.8 Å². The van der Waals surface area contributed by atoms with Crippen LogP contribution in [0.1, 0.15) is 50.0 Å². The van der Waals surface area contributed by atoms with Gasteiger partial charge < -0.3 is 20.7 Å². The number of hydrogen-bond acceptors (Lipinski definition) is 5. The predicted molar refractivity (Wildman–Crippen MR) is 137 cm³/mol. The Hall–Kier alpha value is -3.71. The number of aliphatic hydroxyl groups is 1. The average molecular weight is 461 g/mol. The lowest BCUT2D eigenvalue weighted by Gasteiger charge is -2.15. The van der Waals surface area contributed by atoms with Crippen LogP contribution in [0, 0.1) is 5.92 Å². The van der Waals surface area contributed by atoms with Crippen LogP contribution in [0.4, 0.5) is 0 Å². The smallest absolute Gasteiger partial charge is 0.256 e. The maximum absolute atomic E-state index is 13.0. The van der Waals surface area contributed by atoms with E-state index in [1.165, 1.54) is 6.20 Å². The summed E-state index contributed by atoms with van der Waals surface area (Å²) in [5.74, 6) is -0.151. The zero-order valence-corrected chi connectivity index (χ0v) is 20.1. The van der Waals surface area contributed by atoms with E-state index in [1.54, 1.807) is 42.9 Å². The number of nitrogens with two attached hydrogens (primary N) is 1. The number of hydrogen-bond donors (Lipinski definition) is 3. The Balaban J connectivity index is 2.09. The summed E-state index contributed by atoms with van der Waals surface area (Å²) in [7, 11) is 0. The first-order valence-electron chi connectivity index (χ1n) is 11.3. The third-order valence-corrected chi connectivity index (χ3v) is 5.23. The molecule has 2 aromatic heterocycles. The topological polar surface area (TPSA) is 110 Å². The molecule has 2 heterocycles. The molecule has 7 heteroatoms. The molecular formula is C27H32N4O3. The molecule has 0 aliphatic carbocycles. The van der Waals surface area contributed by atoms with Gasteiger partial charge in [-0.1, -0.05) is 38.1 Å². The molecule has 0 saturated heterocycles. The Morgan fingerprint density at radius 2 is 2.03 bits per heavy atom. The minimum Gasteiger partial charge on any atom is -0.404 e. The minimum atomic E-state index is -0.814. The molecule has 4 N–H and O–H groups in total. The number of nitrogens with zero attached hydrogens (tertiary/aromatic N) is 2. The van der Waals surface area contributed by atoms with Crippen LogP contribution in [-0.2, 0) is 0 Å². The molecule has 0 atom stereocenters. The number of carbonyl (C=O) groups is 1. The fraction of sp³-hybridized carbons (Fsp3) is 0.296. The monoisotopic (exact) mass is 460 g/mol. The van der Waals surface area contributed by atoms with Crippen molar-refractivity contribution in [3.8, 4) is 5.69 Å². The molecule has 34 heavy (non-hydrogen) atoms. The molecule has 1 amide bonds. The van der Waals surface area contributed by atoms with Gasteiger partial charge in [-0.15, -0.1) is 0 Å². The number of pyridine rings is 2. The van der Waals surface area contributed by atoms with E-state index in [9.17, 15) is 14.7 Å². The predicted octanol–water partition coefficient (Wildman–Crippen LogP) is 3.79. The molecule has 0 saturated carbocycles. The second-order valence-corrected chi connectivity index (χ2v) is 9.31. The Kier molecular flexibility index (Phi) is 7.68. The fourth-order valence-corrected chi connectivity index (χ4v) is 3.47. The van der Waals surface area contributed by atoms with Gasteiger partial charge in [0.05, 0.1) is 11.0 Å². The zero-order valence-electron chi connectivity index (χ0n) is 20.1. The highest BCUT2D eigenvalue weighted by Gasteiger charge is 2.17. The standard InChI is InChI=1S/C27H32N4O3/c1-18(2)16-30-26(33)23-17-31(25-22(24(23)32)11-7-13-29-25)21-10-5-8-19(14-21)20(15-28)9-6-12-27(3,4)34/h5-11,13-15,17-18,34H,12,16,28H2,1-4H3,(H,30,33). The van der Waals surface area contributed by atoms with Crippen LogP contribution in [0.15, 0.2) is 71.9 Å². The van der Waals surface area contributed by atoms with E-state index in [0.29, 0.717) is 24.0 Å². The van der Waals surface area contributed by atoms with Crippen LogP contribution in [0.5, 0.6) is 0 Å². The van der Waals surface area contributed by atoms with E-state index >= 15 is 0 Å². The van der Waals surface area contributed by atoms with Crippen molar-refractivity contribution in [1.82, 2.24) is 14.9 Å². The molecule has 7 nitrogen and oxygen atoms in total. The van der Waals surface area contributed by atoms with Crippen molar-refractivity contribution in [3.63, 3.8) is 0 Å². The summed E-state index contributed by atoms with van der Waals surface area (Å²) in [6, 6.07) is 11.0. The number of aromatic nitrogens is 2. The minimum absolute atomic E-state index is 0.0613. The summed E-state index contributed by atoms with van der Waals surface area (Å²) in [4.78, 5) is 30.3. The van der Waals surface area contributed by atoms with Crippen molar-refractivity contribution in [2.24, 2.45) is 11.7 Å². The van der Waals surface area contributed by atoms with Gasteiger partial charge in [-0.3, -0.25) is 9.59 Å². The second-order valence-electron chi connectivity index (χ2n) is 9.31. The highest BCUT2D eigenvalue weighted by molar-refractivity contribution is 5.97. The summed E-state index contributed by atoms with van der Waals surface area (Å²) in [6.07, 6.45) is 8.88. The first-order chi connectivity index (χ1) is 16.1. The lowest BCUT2D eigenvalue weighted by atomic mass is 10.0. The summed E-state index contributed by atoms with van der Waals surface area (Å²) >= 11 is 0. The third kappa shape index (κ3) is 5.99. The number of rotatable bonds is 8. The van der Waals surface area contributed by atoms with E-state index in [1.807, 2.05) is 50.3 Å². The maximum atomic E-state index is 13.0. The second kappa shape index (κ2) is 10.5. The lowest BCUT2D eigenvalue weighted by Crippen LogP contribution is -2.32. The molecule has 0 fully saturated rings. The Bertz CT molecular complexity index is 1300. The number of nitrogens with one attached hydrogen (secondary N) is 1. The van der Waals surface area contributed by atoms with Gasteiger partial charge in [0.25, 0.3) is 5.91 Å². The van der Waals surface area contributed by atoms with Crippen molar-refractivity contribution < 1.29 is 9.90 Å². The van der Waals surface area contributed by atoms with E-state index in [2.05, 4.69) is 10.3 Å². The lowest BCUT2D eigenvalue weighted by molar-refractivity contribution is 0.0838. The van der Waals surface area contributed by atoms with Crippen LogP contribution < -0.4 is 16.5 Å². The van der Waals surface area contributed by atoms with Crippen LogP contribution in [0.25, 0.3) is 22.3 Å². The van der Waals surface area contributed by atoms with Gasteiger partial charge in [0.2, 0.25) is 5.43 Å². The number of fused-ring (bicyclic) bond motifs is 1. The SMILES string of the molecule is CC(C)CNC(=O)c1cn(-c2cccc(C(C=CCC(C)(C)O)=CN)c2)c2ncccc2c1=O. The van der Waals surface area contributed by atoms with Gasteiger partial charge in [-0.05, 0) is 61.6 Å². The summed E-state index contributed by atoms with van der Waals surface area (Å²) in [6.45, 7) is 7.94. The molecule has 0 bridgehead atoms. The normalized spacial score (nSPS) is 12.6. The van der Waals surface area contributed by atoms with Gasteiger partial charge >= 0.3 is 0 Å². The van der Waals surface area contributed by atoms with Gasteiger partial charge in [-0.25, -0.2) is 4.98 Å². The number of carbonyl (C=O) groups excluding carboxylic acids is 1. The summed E-state index contributed by atoms with van der Waals surface area (Å²) in [5, 5.41) is 13.2. The molecule has 1 aromatic carbocycles. The van der Waals surface area contributed by atoms with Crippen molar-refractivity contribution in [3.05, 3.63) is 88.5 Å². The Labute approximate surface area is 199 Å². The number of amides is 1. The Morgan fingerprint density at radius 3 is 2.71 bits per heavy atom. The fourth-order valence-electron chi connectivity index (χ4n) is 3.47. The van der Waals surface area contributed by atoms with Crippen molar-refractivity contribution in [1.29, 1.82) is 0 Å². The molecule has 0 aliphatic heterocycles. The molecule has 3 aromatic rings. The first-order valence-corrected chi connectivity index (χ1v) is 11.3. The third-order valence-electron chi connectivity index (χ3n) is 5.23. The molecule has 178 valence electrons. The number of benzene rings is 1. The van der Waals surface area contributed by atoms with Crippen molar-refractivity contribution in [2.45, 2.75) is 39.7 Å². The van der Waals surface area contributed by atoms with Crippen molar-refractivity contribution >= 4 is 22.5 Å². The van der Waals surface area contributed by atoms with E-state index in [-0.39, 0.29) is 16.9 Å². The van der Waals surface area contributed by atoms with Crippen LogP contribution in [-0.4, -0.2) is 32.7 Å². The van der Waals surface area contributed by atoms with Crippen LogP contribution in [0.3, 0.4) is 0 Å². The number of allylic oxidation sites excluding steroid dienone is 2. The molecule has 0 aliphatic rings. The van der Waals surface area contributed by atoms with Crippen LogP contribution in [0.2, 0.25) is 0 Å². The molecule has 0 unspecified atom stereocenters. The highest BCUT2D eigenvalue weighted by atomic mass is 16.3. The van der Waals surface area contributed by atoms with Gasteiger partial charge in [0.15, 0.2) is 0 Å². The Morgan fingerprint density at radius 1 is 1.26 bits per heavy atom. The quantitative estimate of drug-likeness (QED) is 0.443. The highest BCUT2D eigenvalue weighted by Crippen LogP contribution is 2.22. The zero-order chi connectivity index (χ0) is 24.9. The summed E-state index contributed by atoms with van der Waals surface area (Å²) in [5.41, 5.74) is 7.60. The largest absolute Gasteiger partial charge is 0.404 e. The average Bonchev–Trinajstić information content (AvgIpc) is 2.80. The van der Waals surface area contributed by atoms with Gasteiger partial charge in [-0.2, -0.15) is 0 Å². The molecule has 0 spiro atoms. The molecule has 3 rings (SSSR count). The van der Waals surface area contributed by atoms with Crippen molar-refractivity contribution in [2.75, 3.05) is 6.54 Å². The van der Waals surface area contributed by atoms with Gasteiger partial charge in [0.1, 0.15) is 11.2 Å². The summed E-state index contributed by atoms with van der Waals surface area (Å²) < 4.78 is 1.75. The van der Waals surface area contributed by atoms with Gasteiger partial charge in [0, 0.05) is 30.8 Å². The van der Waals surface area contributed by atoms with E-state index < -0.39 is 11.5 Å². The van der Waals surface area contributed by atoms with Crippen LogP contribution >= 0.6 is 0 Å². The first kappa shape index (κ1) is 24.9. The molecule has 0 radical (unpaired) electrons. The maximum Gasteiger partial charge on any atom is 0.256 e.